The molecule has 0 atom stereocenters. The van der Waals surface area contributed by atoms with E-state index in [0.29, 0.717) is 10.8 Å². The van der Waals surface area contributed by atoms with E-state index in [1.807, 2.05) is 20.0 Å². The lowest BCUT2D eigenvalue weighted by atomic mass is 10.4. The molecule has 2 N–H and O–H groups in total. The fourth-order valence-corrected chi connectivity index (χ4v) is 4.72. The van der Waals surface area contributed by atoms with Crippen molar-refractivity contribution in [1.29, 1.82) is 0 Å². The third-order valence-corrected chi connectivity index (χ3v) is 6.43. The van der Waals surface area contributed by atoms with Gasteiger partial charge in [0.2, 0.25) is 10.0 Å². The summed E-state index contributed by atoms with van der Waals surface area (Å²) in [5, 5.41) is 3.00. The van der Waals surface area contributed by atoms with Crippen molar-refractivity contribution < 1.29 is 8.42 Å². The smallest absolute Gasteiger partial charge is 0.250 e. The second-order valence-corrected chi connectivity index (χ2v) is 8.04. The van der Waals surface area contributed by atoms with Gasteiger partial charge in [0, 0.05) is 22.8 Å². The molecule has 2 heterocycles. The molecule has 0 radical (unpaired) electrons. The molecule has 8 heteroatoms. The van der Waals surface area contributed by atoms with Gasteiger partial charge in [-0.2, -0.15) is 0 Å². The number of hydrogen-bond acceptors (Lipinski definition) is 6. The molecule has 0 aliphatic rings. The highest BCUT2D eigenvalue weighted by molar-refractivity contribution is 7.91. The molecule has 0 amide bonds. The number of thiophene rings is 1. The number of nitrogens with one attached hydrogen (secondary N) is 2. The zero-order valence-corrected chi connectivity index (χ0v) is 13.1. The van der Waals surface area contributed by atoms with Gasteiger partial charge in [0.15, 0.2) is 0 Å². The van der Waals surface area contributed by atoms with Crippen molar-refractivity contribution in [2.24, 2.45) is 0 Å². The summed E-state index contributed by atoms with van der Waals surface area (Å²) in [7, 11) is -1.60. The molecule has 0 saturated carbocycles. The fraction of sp³-hybridized carbons (Fsp3) is 0.364. The summed E-state index contributed by atoms with van der Waals surface area (Å²) >= 11 is 2.73. The van der Waals surface area contributed by atoms with E-state index in [2.05, 4.69) is 15.0 Å². The third-order valence-electron chi connectivity index (χ3n) is 2.52. The van der Waals surface area contributed by atoms with E-state index in [-0.39, 0.29) is 6.54 Å². The van der Waals surface area contributed by atoms with Gasteiger partial charge < -0.3 is 5.32 Å². The lowest BCUT2D eigenvalue weighted by Gasteiger charge is -2.03. The van der Waals surface area contributed by atoms with Crippen molar-refractivity contribution in [3.63, 3.8) is 0 Å². The number of hydrogen-bond donors (Lipinski definition) is 2. The van der Waals surface area contributed by atoms with Crippen molar-refractivity contribution >= 4 is 32.7 Å². The Morgan fingerprint density at radius 2 is 2.11 bits per heavy atom. The summed E-state index contributed by atoms with van der Waals surface area (Å²) in [4.78, 5) is 6.03. The molecule has 5 nitrogen and oxygen atoms in total. The maximum absolute atomic E-state index is 12.1. The summed E-state index contributed by atoms with van der Waals surface area (Å²) in [5.41, 5.74) is 2.59. The van der Waals surface area contributed by atoms with E-state index < -0.39 is 10.0 Å². The molecule has 0 spiro atoms. The van der Waals surface area contributed by atoms with E-state index in [9.17, 15) is 8.42 Å². The Morgan fingerprint density at radius 3 is 2.74 bits per heavy atom. The molecule has 0 aliphatic heterocycles. The van der Waals surface area contributed by atoms with Gasteiger partial charge in [-0.25, -0.2) is 18.1 Å². The molecule has 2 aromatic heterocycles. The van der Waals surface area contributed by atoms with E-state index in [1.54, 1.807) is 11.6 Å². The van der Waals surface area contributed by atoms with Gasteiger partial charge in [0.1, 0.15) is 4.21 Å². The van der Waals surface area contributed by atoms with Gasteiger partial charge in [0.25, 0.3) is 0 Å². The topological polar surface area (TPSA) is 71.1 Å². The van der Waals surface area contributed by atoms with Crippen LogP contribution in [-0.2, 0) is 23.1 Å². The summed E-state index contributed by atoms with van der Waals surface area (Å²) in [6, 6.07) is 3.47. The van der Waals surface area contributed by atoms with Crippen LogP contribution in [0.5, 0.6) is 0 Å². The van der Waals surface area contributed by atoms with Crippen molar-refractivity contribution in [3.8, 4) is 0 Å². The number of rotatable bonds is 6. The highest BCUT2D eigenvalue weighted by Gasteiger charge is 2.17. The Balaban J connectivity index is 2.07. The van der Waals surface area contributed by atoms with Crippen LogP contribution in [0.3, 0.4) is 0 Å². The minimum absolute atomic E-state index is 0.290. The van der Waals surface area contributed by atoms with Crippen LogP contribution in [0, 0.1) is 6.92 Å². The molecule has 0 saturated heterocycles. The maximum Gasteiger partial charge on any atom is 0.250 e. The molecule has 0 unspecified atom stereocenters. The van der Waals surface area contributed by atoms with Crippen molar-refractivity contribution in [2.75, 3.05) is 7.05 Å². The molecule has 2 aromatic rings. The minimum Gasteiger partial charge on any atom is -0.315 e. The zero-order chi connectivity index (χ0) is 13.9. The average molecular weight is 317 g/mol. The SMILES string of the molecule is CNCc1ccc(S(=O)(=O)NCc2scnc2C)s1. The highest BCUT2D eigenvalue weighted by Crippen LogP contribution is 2.22. The molecule has 0 aromatic carbocycles. The molecule has 104 valence electrons. The second-order valence-electron chi connectivity index (χ2n) is 3.94. The number of nitrogens with zero attached hydrogens (tertiary/aromatic N) is 1. The Bertz CT molecular complexity index is 646. The van der Waals surface area contributed by atoms with Crippen LogP contribution in [0.15, 0.2) is 21.9 Å². The molecule has 2 rings (SSSR count). The Hall–Kier alpha value is -0.800. The second kappa shape index (κ2) is 6.10. The zero-order valence-electron chi connectivity index (χ0n) is 10.6. The minimum atomic E-state index is -3.43. The van der Waals surface area contributed by atoms with Crippen LogP contribution in [0.2, 0.25) is 0 Å². The Kier molecular flexibility index (Phi) is 4.69. The van der Waals surface area contributed by atoms with Gasteiger partial charge in [-0.15, -0.1) is 22.7 Å². The molecule has 19 heavy (non-hydrogen) atoms. The first kappa shape index (κ1) is 14.6. The van der Waals surface area contributed by atoms with Crippen molar-refractivity contribution in [1.82, 2.24) is 15.0 Å². The molecular weight excluding hydrogens is 302 g/mol. The fourth-order valence-electron chi connectivity index (χ4n) is 1.50. The van der Waals surface area contributed by atoms with Gasteiger partial charge in [0.05, 0.1) is 11.2 Å². The summed E-state index contributed by atoms with van der Waals surface area (Å²) < 4.78 is 27.2. The number of aryl methyl sites for hydroxylation is 1. The largest absolute Gasteiger partial charge is 0.315 e. The van der Waals surface area contributed by atoms with Crippen LogP contribution >= 0.6 is 22.7 Å². The van der Waals surface area contributed by atoms with Gasteiger partial charge >= 0.3 is 0 Å². The standard InChI is InChI=1S/C11H15N3O2S3/c1-8-10(17-7-13-8)6-14-19(15,16)11-4-3-9(18-11)5-12-2/h3-4,7,12,14H,5-6H2,1-2H3. The molecule has 0 bridgehead atoms. The van der Waals surface area contributed by atoms with E-state index >= 15 is 0 Å². The van der Waals surface area contributed by atoms with E-state index in [4.69, 9.17) is 0 Å². The summed E-state index contributed by atoms with van der Waals surface area (Å²) in [6.07, 6.45) is 0. The first-order valence-electron chi connectivity index (χ1n) is 5.65. The number of thiazole rings is 1. The Labute approximate surface area is 120 Å². The summed E-state index contributed by atoms with van der Waals surface area (Å²) in [5.74, 6) is 0. The van der Waals surface area contributed by atoms with Crippen LogP contribution in [-0.4, -0.2) is 20.4 Å². The first-order chi connectivity index (χ1) is 9.03. The van der Waals surface area contributed by atoms with Crippen molar-refractivity contribution in [3.05, 3.63) is 33.1 Å². The van der Waals surface area contributed by atoms with Crippen LogP contribution in [0.4, 0.5) is 0 Å². The molecule has 0 aliphatic carbocycles. The molecular formula is C11H15N3O2S3. The quantitative estimate of drug-likeness (QED) is 0.851. The van der Waals surface area contributed by atoms with Gasteiger partial charge in [-0.1, -0.05) is 0 Å². The van der Waals surface area contributed by atoms with Crippen LogP contribution in [0.25, 0.3) is 0 Å². The predicted molar refractivity (Wildman–Crippen MR) is 78.0 cm³/mol. The average Bonchev–Trinajstić information content (AvgIpc) is 2.97. The van der Waals surface area contributed by atoms with Crippen molar-refractivity contribution in [2.45, 2.75) is 24.2 Å². The van der Waals surface area contributed by atoms with Crippen LogP contribution in [0.1, 0.15) is 15.4 Å². The lowest BCUT2D eigenvalue weighted by molar-refractivity contribution is 0.584. The Morgan fingerprint density at radius 1 is 1.32 bits per heavy atom. The monoisotopic (exact) mass is 317 g/mol. The van der Waals surface area contributed by atoms with E-state index in [0.717, 1.165) is 15.4 Å². The van der Waals surface area contributed by atoms with Gasteiger partial charge in [-0.3, -0.25) is 0 Å². The highest BCUT2D eigenvalue weighted by atomic mass is 32.2. The third kappa shape index (κ3) is 3.61. The number of sulfonamides is 1. The predicted octanol–water partition coefficient (Wildman–Crippen LogP) is 1.71. The summed E-state index contributed by atoms with van der Waals surface area (Å²) in [6.45, 7) is 2.84. The number of aromatic nitrogens is 1. The normalized spacial score (nSPS) is 11.9. The van der Waals surface area contributed by atoms with Crippen LogP contribution < -0.4 is 10.0 Å². The first-order valence-corrected chi connectivity index (χ1v) is 8.83. The maximum atomic E-state index is 12.1. The molecule has 0 fully saturated rings. The van der Waals surface area contributed by atoms with Gasteiger partial charge in [-0.05, 0) is 26.1 Å². The lowest BCUT2D eigenvalue weighted by Crippen LogP contribution is -2.22. The van der Waals surface area contributed by atoms with E-state index in [1.165, 1.54) is 22.7 Å².